The molecule has 1 aromatic carbocycles. The molecule has 1 unspecified atom stereocenters. The Morgan fingerprint density at radius 3 is 2.90 bits per heavy atom. The maximum Gasteiger partial charge on any atom is 0.251 e. The maximum absolute atomic E-state index is 13.7. The van der Waals surface area contributed by atoms with Gasteiger partial charge in [0.2, 0.25) is 0 Å². The number of rotatable bonds is 5. The fourth-order valence-corrected chi connectivity index (χ4v) is 1.85. The molecule has 0 bridgehead atoms. The molecule has 108 valence electrons. The summed E-state index contributed by atoms with van der Waals surface area (Å²) in [6, 6.07) is 4.13. The fraction of sp³-hybridized carbons (Fsp3) is 0.400. The van der Waals surface area contributed by atoms with Gasteiger partial charge in [0.1, 0.15) is 12.4 Å². The first-order valence-electron chi connectivity index (χ1n) is 6.28. The van der Waals surface area contributed by atoms with E-state index in [1.165, 1.54) is 12.1 Å². The standard InChI is InChI=1S/C15H18FNO2S/c1-11(20-2)7-8-17-15(19)13-6-5-12(4-3-9-18)14(16)10-13/h5-6,10-11,18H,7-9H2,1-2H3,(H,17,19). The van der Waals surface area contributed by atoms with Crippen molar-refractivity contribution in [2.24, 2.45) is 0 Å². The number of thioether (sulfide) groups is 1. The van der Waals surface area contributed by atoms with Gasteiger partial charge in [0.15, 0.2) is 0 Å². The van der Waals surface area contributed by atoms with Gasteiger partial charge in [-0.05, 0) is 30.9 Å². The molecule has 0 aliphatic rings. The Morgan fingerprint density at radius 1 is 1.55 bits per heavy atom. The fourth-order valence-electron chi connectivity index (χ4n) is 1.50. The SMILES string of the molecule is CSC(C)CCNC(=O)c1ccc(C#CCO)c(F)c1. The summed E-state index contributed by atoms with van der Waals surface area (Å²) >= 11 is 1.74. The van der Waals surface area contributed by atoms with Gasteiger partial charge in [0.05, 0.1) is 5.56 Å². The third kappa shape index (κ3) is 5.24. The van der Waals surface area contributed by atoms with Crippen molar-refractivity contribution in [3.63, 3.8) is 0 Å². The summed E-state index contributed by atoms with van der Waals surface area (Å²) in [7, 11) is 0. The van der Waals surface area contributed by atoms with E-state index in [0.717, 1.165) is 12.5 Å². The van der Waals surface area contributed by atoms with Gasteiger partial charge in [-0.15, -0.1) is 0 Å². The van der Waals surface area contributed by atoms with Crippen molar-refractivity contribution in [1.29, 1.82) is 0 Å². The van der Waals surface area contributed by atoms with Gasteiger partial charge in [0.25, 0.3) is 5.91 Å². The Hall–Kier alpha value is -1.51. The highest BCUT2D eigenvalue weighted by Gasteiger charge is 2.09. The van der Waals surface area contributed by atoms with Crippen LogP contribution in [-0.4, -0.2) is 35.7 Å². The lowest BCUT2D eigenvalue weighted by molar-refractivity contribution is 0.0953. The number of carbonyl (C=O) groups is 1. The maximum atomic E-state index is 13.7. The Kier molecular flexibility index (Phi) is 7.13. The zero-order valence-electron chi connectivity index (χ0n) is 11.6. The molecule has 0 heterocycles. The van der Waals surface area contributed by atoms with E-state index in [2.05, 4.69) is 24.1 Å². The number of amides is 1. The Labute approximate surface area is 123 Å². The van der Waals surface area contributed by atoms with E-state index in [4.69, 9.17) is 5.11 Å². The molecule has 2 N–H and O–H groups in total. The molecule has 0 fully saturated rings. The molecule has 0 spiro atoms. The van der Waals surface area contributed by atoms with E-state index in [-0.39, 0.29) is 23.6 Å². The van der Waals surface area contributed by atoms with Gasteiger partial charge >= 0.3 is 0 Å². The molecule has 0 saturated heterocycles. The minimum atomic E-state index is -0.559. The molecule has 0 aliphatic heterocycles. The predicted molar refractivity (Wildman–Crippen MR) is 80.3 cm³/mol. The average Bonchev–Trinajstić information content (AvgIpc) is 2.45. The summed E-state index contributed by atoms with van der Waals surface area (Å²) in [5, 5.41) is 11.8. The summed E-state index contributed by atoms with van der Waals surface area (Å²) in [5.41, 5.74) is 0.445. The monoisotopic (exact) mass is 295 g/mol. The van der Waals surface area contributed by atoms with Crippen LogP contribution in [0, 0.1) is 17.7 Å². The number of benzene rings is 1. The van der Waals surface area contributed by atoms with Crippen LogP contribution in [0.25, 0.3) is 0 Å². The van der Waals surface area contributed by atoms with Crippen LogP contribution in [0.15, 0.2) is 18.2 Å². The van der Waals surface area contributed by atoms with Crippen molar-refractivity contribution >= 4 is 17.7 Å². The molecular weight excluding hydrogens is 277 g/mol. The lowest BCUT2D eigenvalue weighted by Crippen LogP contribution is -2.26. The van der Waals surface area contributed by atoms with Crippen molar-refractivity contribution in [3.05, 3.63) is 35.1 Å². The average molecular weight is 295 g/mol. The van der Waals surface area contributed by atoms with Crippen molar-refractivity contribution in [3.8, 4) is 11.8 Å². The number of carbonyl (C=O) groups excluding carboxylic acids is 1. The molecule has 1 aromatic rings. The number of hydrogen-bond donors (Lipinski definition) is 2. The van der Waals surface area contributed by atoms with Crippen LogP contribution in [0.1, 0.15) is 29.3 Å². The predicted octanol–water partition coefficient (Wildman–Crippen LogP) is 2.04. The minimum absolute atomic E-state index is 0.173. The molecule has 1 rings (SSSR count). The van der Waals surface area contributed by atoms with Gasteiger partial charge in [-0.1, -0.05) is 18.8 Å². The van der Waals surface area contributed by atoms with Crippen molar-refractivity contribution < 1.29 is 14.3 Å². The molecular formula is C15H18FNO2S. The van der Waals surface area contributed by atoms with E-state index in [9.17, 15) is 9.18 Å². The highest BCUT2D eigenvalue weighted by Crippen LogP contribution is 2.11. The molecule has 1 atom stereocenters. The number of hydrogen-bond acceptors (Lipinski definition) is 3. The topological polar surface area (TPSA) is 49.3 Å². The Morgan fingerprint density at radius 2 is 2.30 bits per heavy atom. The van der Waals surface area contributed by atoms with Crippen molar-refractivity contribution in [2.45, 2.75) is 18.6 Å². The minimum Gasteiger partial charge on any atom is -0.384 e. The Bertz CT molecular complexity index is 522. The summed E-state index contributed by atoms with van der Waals surface area (Å²) in [6.45, 7) is 2.33. The first kappa shape index (κ1) is 16.5. The van der Waals surface area contributed by atoms with Crippen LogP contribution in [0.5, 0.6) is 0 Å². The molecule has 0 aromatic heterocycles. The zero-order chi connectivity index (χ0) is 15.0. The van der Waals surface area contributed by atoms with Crippen LogP contribution in [0.2, 0.25) is 0 Å². The van der Waals surface area contributed by atoms with E-state index in [1.54, 1.807) is 11.8 Å². The number of nitrogens with one attached hydrogen (secondary N) is 1. The molecule has 20 heavy (non-hydrogen) atoms. The lowest BCUT2D eigenvalue weighted by Gasteiger charge is -2.09. The van der Waals surface area contributed by atoms with Gasteiger partial charge in [-0.25, -0.2) is 4.39 Å². The quantitative estimate of drug-likeness (QED) is 0.817. The lowest BCUT2D eigenvalue weighted by atomic mass is 10.1. The molecule has 5 heteroatoms. The van der Waals surface area contributed by atoms with E-state index in [1.807, 2.05) is 6.26 Å². The molecule has 1 amide bonds. The molecule has 0 aliphatic carbocycles. The van der Waals surface area contributed by atoms with Gasteiger partial charge in [-0.3, -0.25) is 4.79 Å². The van der Waals surface area contributed by atoms with Gasteiger partial charge in [0, 0.05) is 17.4 Å². The van der Waals surface area contributed by atoms with Crippen LogP contribution in [-0.2, 0) is 0 Å². The first-order chi connectivity index (χ1) is 9.58. The van der Waals surface area contributed by atoms with E-state index >= 15 is 0 Å². The molecule has 3 nitrogen and oxygen atoms in total. The molecule has 0 radical (unpaired) electrons. The van der Waals surface area contributed by atoms with E-state index < -0.39 is 5.82 Å². The summed E-state index contributed by atoms with van der Waals surface area (Å²) in [5.74, 6) is 4.00. The highest BCUT2D eigenvalue weighted by atomic mass is 32.2. The third-order valence-electron chi connectivity index (χ3n) is 2.77. The van der Waals surface area contributed by atoms with Crippen LogP contribution < -0.4 is 5.32 Å². The zero-order valence-corrected chi connectivity index (χ0v) is 12.4. The van der Waals surface area contributed by atoms with Gasteiger partial charge in [-0.2, -0.15) is 11.8 Å². The number of aliphatic hydroxyl groups is 1. The second kappa shape index (κ2) is 8.62. The van der Waals surface area contributed by atoms with Gasteiger partial charge < -0.3 is 10.4 Å². The smallest absolute Gasteiger partial charge is 0.251 e. The summed E-state index contributed by atoms with van der Waals surface area (Å²) in [4.78, 5) is 11.8. The normalized spacial score (nSPS) is 11.4. The second-order valence-corrected chi connectivity index (χ2v) is 5.52. The largest absolute Gasteiger partial charge is 0.384 e. The highest BCUT2D eigenvalue weighted by molar-refractivity contribution is 7.99. The van der Waals surface area contributed by atoms with Crippen LogP contribution in [0.3, 0.4) is 0 Å². The summed E-state index contributed by atoms with van der Waals surface area (Å²) in [6.07, 6.45) is 2.89. The third-order valence-corrected chi connectivity index (χ3v) is 3.81. The summed E-state index contributed by atoms with van der Waals surface area (Å²) < 4.78 is 13.7. The van der Waals surface area contributed by atoms with Crippen LogP contribution in [0.4, 0.5) is 4.39 Å². The molecule has 0 saturated carbocycles. The number of halogens is 1. The van der Waals surface area contributed by atoms with Crippen molar-refractivity contribution in [2.75, 3.05) is 19.4 Å². The van der Waals surface area contributed by atoms with E-state index in [0.29, 0.717) is 11.8 Å². The van der Waals surface area contributed by atoms with Crippen molar-refractivity contribution in [1.82, 2.24) is 5.32 Å². The Balaban J connectivity index is 2.63. The van der Waals surface area contributed by atoms with Crippen LogP contribution >= 0.6 is 11.8 Å². The second-order valence-electron chi connectivity index (χ2n) is 4.25. The number of aliphatic hydroxyl groups excluding tert-OH is 1. The first-order valence-corrected chi connectivity index (χ1v) is 7.57.